The monoisotopic (exact) mass is 288 g/mol. The van der Waals surface area contributed by atoms with Crippen molar-refractivity contribution in [2.75, 3.05) is 25.0 Å². The summed E-state index contributed by atoms with van der Waals surface area (Å²) in [6.07, 6.45) is 0.685. The summed E-state index contributed by atoms with van der Waals surface area (Å²) in [6, 6.07) is 7.77. The van der Waals surface area contributed by atoms with Crippen molar-refractivity contribution in [2.24, 2.45) is 11.3 Å². The lowest BCUT2D eigenvalue weighted by molar-refractivity contribution is -0.137. The third-order valence-electron chi connectivity index (χ3n) is 4.63. The van der Waals surface area contributed by atoms with Crippen LogP contribution in [0.4, 0.5) is 5.69 Å². The second kappa shape index (κ2) is 5.24. The van der Waals surface area contributed by atoms with Crippen molar-refractivity contribution in [3.05, 3.63) is 24.3 Å². The number of hydrogen-bond acceptors (Lipinski definition) is 3. The van der Waals surface area contributed by atoms with Crippen LogP contribution in [0.25, 0.3) is 0 Å². The molecule has 1 amide bonds. The Kier molecular flexibility index (Phi) is 3.56. The van der Waals surface area contributed by atoms with Crippen molar-refractivity contribution in [1.29, 1.82) is 0 Å². The van der Waals surface area contributed by atoms with Crippen molar-refractivity contribution in [2.45, 2.75) is 33.3 Å². The summed E-state index contributed by atoms with van der Waals surface area (Å²) >= 11 is 0. The van der Waals surface area contributed by atoms with E-state index in [0.29, 0.717) is 12.5 Å². The van der Waals surface area contributed by atoms with E-state index in [-0.39, 0.29) is 11.3 Å². The van der Waals surface area contributed by atoms with Gasteiger partial charge in [-0.25, -0.2) is 0 Å². The molecule has 4 nitrogen and oxygen atoms in total. The number of nitrogens with one attached hydrogen (secondary N) is 1. The molecule has 1 fully saturated rings. The van der Waals surface area contributed by atoms with Crippen molar-refractivity contribution >= 4 is 11.6 Å². The van der Waals surface area contributed by atoms with Crippen LogP contribution in [-0.2, 0) is 4.79 Å². The van der Waals surface area contributed by atoms with E-state index in [1.807, 2.05) is 29.2 Å². The van der Waals surface area contributed by atoms with Crippen molar-refractivity contribution < 1.29 is 9.53 Å². The van der Waals surface area contributed by atoms with E-state index in [0.717, 1.165) is 30.9 Å². The maximum atomic E-state index is 12.6. The number of carbonyl (C=O) groups excluding carboxylic acids is 1. The predicted molar refractivity (Wildman–Crippen MR) is 83.5 cm³/mol. The summed E-state index contributed by atoms with van der Waals surface area (Å²) in [5.41, 5.74) is 1.23. The van der Waals surface area contributed by atoms with Gasteiger partial charge in [0.1, 0.15) is 5.75 Å². The molecule has 21 heavy (non-hydrogen) atoms. The minimum atomic E-state index is -0.404. The van der Waals surface area contributed by atoms with Crippen LogP contribution in [0.5, 0.6) is 5.75 Å². The second-order valence-electron chi connectivity index (χ2n) is 7.12. The van der Waals surface area contributed by atoms with Crippen LogP contribution in [0.1, 0.15) is 27.2 Å². The Balaban J connectivity index is 1.65. The van der Waals surface area contributed by atoms with E-state index < -0.39 is 6.10 Å². The molecule has 3 rings (SSSR count). The van der Waals surface area contributed by atoms with Gasteiger partial charge in [0, 0.05) is 13.1 Å². The van der Waals surface area contributed by atoms with E-state index in [9.17, 15) is 4.79 Å². The molecule has 0 spiro atoms. The predicted octanol–water partition coefficient (Wildman–Crippen LogP) is 2.75. The van der Waals surface area contributed by atoms with Crippen LogP contribution in [0.3, 0.4) is 0 Å². The second-order valence-corrected chi connectivity index (χ2v) is 7.12. The van der Waals surface area contributed by atoms with Crippen molar-refractivity contribution in [1.82, 2.24) is 4.90 Å². The highest BCUT2D eigenvalue weighted by Crippen LogP contribution is 2.34. The van der Waals surface area contributed by atoms with Crippen molar-refractivity contribution in [3.8, 4) is 5.75 Å². The van der Waals surface area contributed by atoms with Gasteiger partial charge in [-0.2, -0.15) is 0 Å². The third-order valence-corrected chi connectivity index (χ3v) is 4.63. The van der Waals surface area contributed by atoms with Gasteiger partial charge in [-0.15, -0.1) is 0 Å². The lowest BCUT2D eigenvalue weighted by Crippen LogP contribution is -2.46. The number of nitrogens with zero attached hydrogens (tertiary/aromatic N) is 1. The van der Waals surface area contributed by atoms with Gasteiger partial charge in [-0.1, -0.05) is 32.9 Å². The van der Waals surface area contributed by atoms with Crippen LogP contribution < -0.4 is 10.1 Å². The zero-order chi connectivity index (χ0) is 15.0. The Labute approximate surface area is 126 Å². The molecule has 1 aromatic carbocycles. The lowest BCUT2D eigenvalue weighted by atomic mass is 9.80. The van der Waals surface area contributed by atoms with Gasteiger partial charge >= 0.3 is 0 Å². The average molecular weight is 288 g/mol. The average Bonchev–Trinajstić information content (AvgIpc) is 2.96. The highest BCUT2D eigenvalue weighted by atomic mass is 16.5. The van der Waals surface area contributed by atoms with E-state index in [1.54, 1.807) is 0 Å². The Hall–Kier alpha value is -1.71. The minimum absolute atomic E-state index is 0.115. The topological polar surface area (TPSA) is 41.6 Å². The lowest BCUT2D eigenvalue weighted by Gasteiger charge is -2.31. The number of fused-ring (bicyclic) bond motifs is 1. The van der Waals surface area contributed by atoms with Crippen LogP contribution in [0, 0.1) is 11.3 Å². The SMILES string of the molecule is CC(C)(C)C1CCN(C(=O)C2CNc3ccccc3O2)C1. The molecule has 2 aliphatic rings. The van der Waals surface area contributed by atoms with Gasteiger partial charge in [0.25, 0.3) is 5.91 Å². The molecule has 2 aliphatic heterocycles. The fraction of sp³-hybridized carbons (Fsp3) is 0.588. The van der Waals surface area contributed by atoms with Gasteiger partial charge in [-0.3, -0.25) is 4.79 Å². The van der Waals surface area contributed by atoms with Crippen LogP contribution in [0.15, 0.2) is 24.3 Å². The summed E-state index contributed by atoms with van der Waals surface area (Å²) < 4.78 is 5.87. The van der Waals surface area contributed by atoms with Crippen LogP contribution in [-0.4, -0.2) is 36.5 Å². The maximum absolute atomic E-state index is 12.6. The molecule has 0 aromatic heterocycles. The minimum Gasteiger partial charge on any atom is -0.477 e. The molecular weight excluding hydrogens is 264 g/mol. The number of benzene rings is 1. The first kappa shape index (κ1) is 14.2. The normalized spacial score (nSPS) is 25.0. The molecule has 114 valence electrons. The van der Waals surface area contributed by atoms with Crippen LogP contribution >= 0.6 is 0 Å². The van der Waals surface area contributed by atoms with E-state index in [2.05, 4.69) is 26.1 Å². The Morgan fingerprint density at radius 1 is 1.33 bits per heavy atom. The number of anilines is 1. The molecule has 2 heterocycles. The fourth-order valence-corrected chi connectivity index (χ4v) is 3.12. The Morgan fingerprint density at radius 2 is 2.10 bits per heavy atom. The van der Waals surface area contributed by atoms with Gasteiger partial charge in [0.2, 0.25) is 0 Å². The first-order valence-corrected chi connectivity index (χ1v) is 7.73. The zero-order valence-corrected chi connectivity index (χ0v) is 13.1. The Bertz CT molecular complexity index is 536. The molecule has 1 aromatic rings. The molecular formula is C17H24N2O2. The molecule has 1 N–H and O–H groups in total. The molecule has 4 heteroatoms. The Morgan fingerprint density at radius 3 is 2.81 bits per heavy atom. The summed E-state index contributed by atoms with van der Waals surface area (Å²) in [5, 5.41) is 3.29. The number of rotatable bonds is 1. The first-order chi connectivity index (χ1) is 9.95. The number of carbonyl (C=O) groups is 1. The molecule has 0 bridgehead atoms. The number of ether oxygens (including phenoxy) is 1. The van der Waals surface area contributed by atoms with Gasteiger partial charge < -0.3 is 15.0 Å². The summed E-state index contributed by atoms with van der Waals surface area (Å²) in [6.45, 7) is 9.00. The first-order valence-electron chi connectivity index (χ1n) is 7.73. The summed E-state index contributed by atoms with van der Waals surface area (Å²) in [5.74, 6) is 1.46. The number of para-hydroxylation sites is 2. The van der Waals surface area contributed by atoms with E-state index in [1.165, 1.54) is 0 Å². The van der Waals surface area contributed by atoms with Gasteiger partial charge in [0.05, 0.1) is 12.2 Å². The fourth-order valence-electron chi connectivity index (χ4n) is 3.12. The largest absolute Gasteiger partial charge is 0.477 e. The van der Waals surface area contributed by atoms with Gasteiger partial charge in [-0.05, 0) is 29.9 Å². The molecule has 2 unspecified atom stereocenters. The molecule has 2 atom stereocenters. The smallest absolute Gasteiger partial charge is 0.265 e. The van der Waals surface area contributed by atoms with E-state index >= 15 is 0 Å². The number of hydrogen-bond donors (Lipinski definition) is 1. The number of amides is 1. The van der Waals surface area contributed by atoms with Crippen LogP contribution in [0.2, 0.25) is 0 Å². The summed E-state index contributed by atoms with van der Waals surface area (Å²) in [4.78, 5) is 14.6. The molecule has 0 saturated carbocycles. The van der Waals surface area contributed by atoms with E-state index in [4.69, 9.17) is 4.74 Å². The zero-order valence-electron chi connectivity index (χ0n) is 13.1. The van der Waals surface area contributed by atoms with Crippen molar-refractivity contribution in [3.63, 3.8) is 0 Å². The highest BCUT2D eigenvalue weighted by Gasteiger charge is 2.37. The highest BCUT2D eigenvalue weighted by molar-refractivity contribution is 5.83. The third kappa shape index (κ3) is 2.85. The molecule has 0 aliphatic carbocycles. The summed E-state index contributed by atoms with van der Waals surface area (Å²) in [7, 11) is 0. The molecule has 1 saturated heterocycles. The quantitative estimate of drug-likeness (QED) is 0.864. The number of likely N-dealkylation sites (tertiary alicyclic amines) is 1. The molecule has 0 radical (unpaired) electrons. The standard InChI is InChI=1S/C17H24N2O2/c1-17(2,3)12-8-9-19(11-12)16(20)15-10-18-13-6-4-5-7-14(13)21-15/h4-7,12,15,18H,8-11H2,1-3H3. The maximum Gasteiger partial charge on any atom is 0.265 e. The van der Waals surface area contributed by atoms with Gasteiger partial charge in [0.15, 0.2) is 6.10 Å².